The highest BCUT2D eigenvalue weighted by Crippen LogP contribution is 2.11. The quantitative estimate of drug-likeness (QED) is 0.741. The molecule has 4 heteroatoms. The summed E-state index contributed by atoms with van der Waals surface area (Å²) in [6, 6.07) is 7.92. The second-order valence-electron chi connectivity index (χ2n) is 3.31. The molecule has 0 aliphatic carbocycles. The van der Waals surface area contributed by atoms with Gasteiger partial charge >= 0.3 is 0 Å². The van der Waals surface area contributed by atoms with Gasteiger partial charge in [-0.2, -0.15) is 0 Å². The molecule has 1 rings (SSSR count). The van der Waals surface area contributed by atoms with E-state index in [4.69, 9.17) is 4.74 Å². The maximum atomic E-state index is 10.8. The van der Waals surface area contributed by atoms with Gasteiger partial charge in [0.2, 0.25) is 0 Å². The van der Waals surface area contributed by atoms with E-state index < -0.39 is 10.8 Å². The van der Waals surface area contributed by atoms with Crippen LogP contribution in [0.1, 0.15) is 5.56 Å². The van der Waals surface area contributed by atoms with Crippen molar-refractivity contribution in [3.05, 3.63) is 29.8 Å². The third kappa shape index (κ3) is 4.95. The summed E-state index contributed by atoms with van der Waals surface area (Å²) < 4.78 is 15.9. The first kappa shape index (κ1) is 12.2. The molecule has 1 N–H and O–H groups in total. The van der Waals surface area contributed by atoms with E-state index in [0.29, 0.717) is 5.75 Å². The van der Waals surface area contributed by atoms with E-state index >= 15 is 0 Å². The van der Waals surface area contributed by atoms with E-state index in [-0.39, 0.29) is 0 Å². The SMILES string of the molecule is COc1cccc(CNCCS(C)=O)c1. The molecule has 1 aromatic carbocycles. The van der Waals surface area contributed by atoms with Crippen LogP contribution in [0.25, 0.3) is 0 Å². The van der Waals surface area contributed by atoms with Crippen molar-refractivity contribution in [3.8, 4) is 5.75 Å². The summed E-state index contributed by atoms with van der Waals surface area (Å²) in [6.07, 6.45) is 1.72. The van der Waals surface area contributed by atoms with E-state index in [1.165, 1.54) is 5.56 Å². The number of nitrogens with one attached hydrogen (secondary N) is 1. The van der Waals surface area contributed by atoms with Gasteiger partial charge in [0.05, 0.1) is 7.11 Å². The van der Waals surface area contributed by atoms with Crippen molar-refractivity contribution >= 4 is 10.8 Å². The van der Waals surface area contributed by atoms with Gasteiger partial charge in [-0.25, -0.2) is 0 Å². The van der Waals surface area contributed by atoms with Crippen LogP contribution in [0, 0.1) is 0 Å². The van der Waals surface area contributed by atoms with Gasteiger partial charge in [-0.1, -0.05) is 12.1 Å². The van der Waals surface area contributed by atoms with E-state index in [1.807, 2.05) is 24.3 Å². The highest BCUT2D eigenvalue weighted by atomic mass is 32.2. The van der Waals surface area contributed by atoms with Crippen LogP contribution in [0.4, 0.5) is 0 Å². The molecule has 1 unspecified atom stereocenters. The molecule has 0 bridgehead atoms. The lowest BCUT2D eigenvalue weighted by atomic mass is 10.2. The second-order valence-corrected chi connectivity index (χ2v) is 4.86. The lowest BCUT2D eigenvalue weighted by Crippen LogP contribution is -2.19. The first-order chi connectivity index (χ1) is 7.22. The Morgan fingerprint density at radius 1 is 1.47 bits per heavy atom. The monoisotopic (exact) mass is 227 g/mol. The van der Waals surface area contributed by atoms with Crippen molar-refractivity contribution in [2.24, 2.45) is 0 Å². The molecule has 0 aromatic heterocycles. The molecule has 0 fully saturated rings. The number of methoxy groups -OCH3 is 1. The number of hydrogen-bond acceptors (Lipinski definition) is 3. The van der Waals surface area contributed by atoms with E-state index in [2.05, 4.69) is 5.32 Å². The summed E-state index contributed by atoms with van der Waals surface area (Å²) in [6.45, 7) is 1.56. The summed E-state index contributed by atoms with van der Waals surface area (Å²) in [5.74, 6) is 1.57. The van der Waals surface area contributed by atoms with Crippen LogP contribution in [0.5, 0.6) is 5.75 Å². The third-order valence-corrected chi connectivity index (χ3v) is 2.81. The first-order valence-corrected chi connectivity index (χ1v) is 6.59. The van der Waals surface area contributed by atoms with Gasteiger partial charge < -0.3 is 10.1 Å². The Morgan fingerprint density at radius 2 is 2.27 bits per heavy atom. The average molecular weight is 227 g/mol. The maximum Gasteiger partial charge on any atom is 0.119 e. The van der Waals surface area contributed by atoms with E-state index in [1.54, 1.807) is 13.4 Å². The molecule has 0 radical (unpaired) electrons. The van der Waals surface area contributed by atoms with Gasteiger partial charge in [-0.05, 0) is 17.7 Å². The Labute approximate surface area is 93.3 Å². The summed E-state index contributed by atoms with van der Waals surface area (Å²) in [7, 11) is 0.943. The Bertz CT molecular complexity index is 328. The van der Waals surface area contributed by atoms with E-state index in [9.17, 15) is 4.21 Å². The van der Waals surface area contributed by atoms with Crippen LogP contribution in [-0.2, 0) is 17.3 Å². The second kappa shape index (κ2) is 6.58. The zero-order chi connectivity index (χ0) is 11.1. The van der Waals surface area contributed by atoms with Crippen LogP contribution in [0.3, 0.4) is 0 Å². The summed E-state index contributed by atoms with van der Waals surface area (Å²) >= 11 is 0. The molecule has 0 saturated carbocycles. The minimum absolute atomic E-state index is 0.698. The van der Waals surface area contributed by atoms with Crippen LogP contribution in [0.2, 0.25) is 0 Å². The molecule has 84 valence electrons. The van der Waals surface area contributed by atoms with Crippen molar-refractivity contribution in [3.63, 3.8) is 0 Å². The summed E-state index contributed by atoms with van der Waals surface area (Å²) in [5.41, 5.74) is 1.18. The van der Waals surface area contributed by atoms with Crippen LogP contribution in [-0.4, -0.2) is 29.9 Å². The van der Waals surface area contributed by atoms with Crippen LogP contribution >= 0.6 is 0 Å². The molecule has 15 heavy (non-hydrogen) atoms. The summed E-state index contributed by atoms with van der Waals surface area (Å²) in [4.78, 5) is 0. The largest absolute Gasteiger partial charge is 0.497 e. The number of hydrogen-bond donors (Lipinski definition) is 1. The molecule has 0 amide bonds. The molecular weight excluding hydrogens is 210 g/mol. The normalized spacial score (nSPS) is 12.4. The van der Waals surface area contributed by atoms with E-state index in [0.717, 1.165) is 18.8 Å². The number of rotatable bonds is 6. The number of benzene rings is 1. The zero-order valence-corrected chi connectivity index (χ0v) is 9.97. The molecule has 1 aromatic rings. The lowest BCUT2D eigenvalue weighted by molar-refractivity contribution is 0.414. The third-order valence-electron chi connectivity index (χ3n) is 2.03. The lowest BCUT2D eigenvalue weighted by Gasteiger charge is -2.05. The average Bonchev–Trinajstić information content (AvgIpc) is 2.24. The Balaban J connectivity index is 2.33. The maximum absolute atomic E-state index is 10.8. The highest BCUT2D eigenvalue weighted by molar-refractivity contribution is 7.84. The standard InChI is InChI=1S/C11H17NO2S/c1-14-11-5-3-4-10(8-11)9-12-6-7-15(2)13/h3-5,8,12H,6-7,9H2,1-2H3. The van der Waals surface area contributed by atoms with Gasteiger partial charge in [0.1, 0.15) is 5.75 Å². The van der Waals surface area contributed by atoms with Crippen LogP contribution in [0.15, 0.2) is 24.3 Å². The minimum Gasteiger partial charge on any atom is -0.497 e. The van der Waals surface area contributed by atoms with Crippen molar-refractivity contribution < 1.29 is 8.95 Å². The molecule has 0 heterocycles. The Morgan fingerprint density at radius 3 is 2.93 bits per heavy atom. The van der Waals surface area contributed by atoms with Gasteiger partial charge in [-0.3, -0.25) is 4.21 Å². The van der Waals surface area contributed by atoms with Crippen molar-refractivity contribution in [1.29, 1.82) is 0 Å². The molecule has 0 saturated heterocycles. The van der Waals surface area contributed by atoms with Gasteiger partial charge in [0.15, 0.2) is 0 Å². The fourth-order valence-electron chi connectivity index (χ4n) is 1.23. The van der Waals surface area contributed by atoms with Gasteiger partial charge in [0.25, 0.3) is 0 Å². The molecule has 0 aliphatic heterocycles. The highest BCUT2D eigenvalue weighted by Gasteiger charge is 1.96. The molecule has 3 nitrogen and oxygen atoms in total. The van der Waals surface area contributed by atoms with Crippen molar-refractivity contribution in [2.45, 2.75) is 6.54 Å². The topological polar surface area (TPSA) is 38.3 Å². The predicted molar refractivity (Wildman–Crippen MR) is 63.6 cm³/mol. The minimum atomic E-state index is -0.717. The fraction of sp³-hybridized carbons (Fsp3) is 0.455. The van der Waals surface area contributed by atoms with Gasteiger partial charge in [-0.15, -0.1) is 0 Å². The molecule has 0 aliphatic rings. The first-order valence-electron chi connectivity index (χ1n) is 4.86. The smallest absolute Gasteiger partial charge is 0.119 e. The Hall–Kier alpha value is -0.870. The fourth-order valence-corrected chi connectivity index (χ4v) is 1.66. The zero-order valence-electron chi connectivity index (χ0n) is 9.16. The molecule has 1 atom stereocenters. The molecule has 0 spiro atoms. The van der Waals surface area contributed by atoms with Crippen LogP contribution < -0.4 is 10.1 Å². The van der Waals surface area contributed by atoms with Crippen molar-refractivity contribution in [2.75, 3.05) is 25.7 Å². The predicted octanol–water partition coefficient (Wildman–Crippen LogP) is 1.16. The van der Waals surface area contributed by atoms with Gasteiger partial charge in [0, 0.05) is 35.9 Å². The van der Waals surface area contributed by atoms with Crippen molar-refractivity contribution in [1.82, 2.24) is 5.32 Å². The molecular formula is C11H17NO2S. The summed E-state index contributed by atoms with van der Waals surface area (Å²) in [5, 5.41) is 3.24. The Kier molecular flexibility index (Phi) is 5.36. The number of ether oxygens (including phenoxy) is 1.